The van der Waals surface area contributed by atoms with E-state index in [1.807, 2.05) is 32.0 Å². The van der Waals surface area contributed by atoms with Crippen molar-refractivity contribution in [2.75, 3.05) is 5.32 Å². The number of nitrogens with one attached hydrogen (secondary N) is 1. The van der Waals surface area contributed by atoms with E-state index in [1.54, 1.807) is 42.6 Å². The van der Waals surface area contributed by atoms with Crippen LogP contribution in [0.5, 0.6) is 0 Å². The van der Waals surface area contributed by atoms with Crippen LogP contribution in [0, 0.1) is 13.8 Å². The lowest BCUT2D eigenvalue weighted by Gasteiger charge is -2.07. The molecule has 0 saturated heterocycles. The summed E-state index contributed by atoms with van der Waals surface area (Å²) in [6, 6.07) is 17.5. The summed E-state index contributed by atoms with van der Waals surface area (Å²) in [7, 11) is 0. The molecule has 0 aliphatic heterocycles. The zero-order chi connectivity index (χ0) is 19.7. The van der Waals surface area contributed by atoms with Gasteiger partial charge < -0.3 is 9.73 Å². The zero-order valence-corrected chi connectivity index (χ0v) is 15.5. The quantitative estimate of drug-likeness (QED) is 0.566. The Bertz CT molecular complexity index is 1220. The molecule has 5 heteroatoms. The highest BCUT2D eigenvalue weighted by Crippen LogP contribution is 2.23. The molecule has 1 amide bonds. The van der Waals surface area contributed by atoms with Crippen LogP contribution in [0.1, 0.15) is 21.5 Å². The fourth-order valence-corrected chi connectivity index (χ4v) is 2.93. The van der Waals surface area contributed by atoms with Crippen molar-refractivity contribution in [1.29, 1.82) is 0 Å². The van der Waals surface area contributed by atoms with Gasteiger partial charge in [0.25, 0.3) is 5.91 Å². The van der Waals surface area contributed by atoms with Crippen LogP contribution < -0.4 is 10.7 Å². The minimum absolute atomic E-state index is 0.0905. The number of aromatic nitrogens is 1. The number of nitrogens with zero attached hydrogens (tertiary/aromatic N) is 1. The number of anilines is 1. The van der Waals surface area contributed by atoms with E-state index in [4.69, 9.17) is 4.42 Å². The van der Waals surface area contributed by atoms with Crippen molar-refractivity contribution in [3.8, 4) is 11.3 Å². The minimum atomic E-state index is -0.252. The first kappa shape index (κ1) is 17.7. The van der Waals surface area contributed by atoms with Crippen molar-refractivity contribution in [1.82, 2.24) is 4.98 Å². The Morgan fingerprint density at radius 1 is 0.929 bits per heavy atom. The summed E-state index contributed by atoms with van der Waals surface area (Å²) in [5.41, 5.74) is 3.70. The first-order valence-corrected chi connectivity index (χ1v) is 8.88. The molecule has 0 aliphatic carbocycles. The van der Waals surface area contributed by atoms with Gasteiger partial charge in [-0.3, -0.25) is 9.59 Å². The second-order valence-electron chi connectivity index (χ2n) is 6.73. The lowest BCUT2D eigenvalue weighted by atomic mass is 10.1. The maximum Gasteiger partial charge on any atom is 0.256 e. The zero-order valence-electron chi connectivity index (χ0n) is 15.5. The molecule has 4 rings (SSSR count). The number of amides is 1. The molecule has 4 aromatic rings. The van der Waals surface area contributed by atoms with Gasteiger partial charge in [0.05, 0.1) is 5.39 Å². The van der Waals surface area contributed by atoms with E-state index >= 15 is 0 Å². The Balaban J connectivity index is 1.60. The van der Waals surface area contributed by atoms with Crippen LogP contribution in [0.15, 0.2) is 76.1 Å². The van der Waals surface area contributed by atoms with Crippen molar-refractivity contribution in [2.45, 2.75) is 13.8 Å². The predicted octanol–water partition coefficient (Wildman–Crippen LogP) is 4.72. The summed E-state index contributed by atoms with van der Waals surface area (Å²) in [5, 5.41) is 3.32. The molecule has 0 atom stereocenters. The van der Waals surface area contributed by atoms with E-state index in [2.05, 4.69) is 10.3 Å². The number of carbonyl (C=O) groups excluding carboxylic acids is 1. The third-order valence-electron chi connectivity index (χ3n) is 4.47. The fraction of sp³-hybridized carbons (Fsp3) is 0.0870. The highest BCUT2D eigenvalue weighted by molar-refractivity contribution is 6.04. The van der Waals surface area contributed by atoms with E-state index in [-0.39, 0.29) is 11.3 Å². The van der Waals surface area contributed by atoms with Gasteiger partial charge >= 0.3 is 0 Å². The molecule has 28 heavy (non-hydrogen) atoms. The summed E-state index contributed by atoms with van der Waals surface area (Å²) in [4.78, 5) is 29.0. The third-order valence-corrected chi connectivity index (χ3v) is 4.47. The van der Waals surface area contributed by atoms with Crippen molar-refractivity contribution >= 4 is 22.7 Å². The molecular weight excluding hydrogens is 352 g/mol. The van der Waals surface area contributed by atoms with E-state index in [9.17, 15) is 9.59 Å². The SMILES string of the molecule is Cc1ccc(NC(=O)c2ccc(-c3cc(=O)c4cc(C)ccc4o3)cc2)nc1. The summed E-state index contributed by atoms with van der Waals surface area (Å²) in [5.74, 6) is 0.711. The summed E-state index contributed by atoms with van der Waals surface area (Å²) >= 11 is 0. The highest BCUT2D eigenvalue weighted by Gasteiger charge is 2.10. The van der Waals surface area contributed by atoms with Crippen molar-refractivity contribution in [2.24, 2.45) is 0 Å². The predicted molar refractivity (Wildman–Crippen MR) is 110 cm³/mol. The summed E-state index contributed by atoms with van der Waals surface area (Å²) in [6.45, 7) is 3.87. The van der Waals surface area contributed by atoms with Crippen LogP contribution >= 0.6 is 0 Å². The number of rotatable bonds is 3. The van der Waals surface area contributed by atoms with E-state index in [0.717, 1.165) is 16.7 Å². The van der Waals surface area contributed by atoms with Crippen LogP contribution in [0.3, 0.4) is 0 Å². The van der Waals surface area contributed by atoms with Gasteiger partial charge in [-0.2, -0.15) is 0 Å². The summed E-state index contributed by atoms with van der Waals surface area (Å²) < 4.78 is 5.88. The monoisotopic (exact) mass is 370 g/mol. The average Bonchev–Trinajstić information content (AvgIpc) is 2.70. The molecule has 0 fully saturated rings. The maximum atomic E-state index is 12.4. The number of fused-ring (bicyclic) bond motifs is 1. The molecule has 5 nitrogen and oxygen atoms in total. The van der Waals surface area contributed by atoms with Gasteiger partial charge in [-0.05, 0) is 49.7 Å². The molecule has 2 heterocycles. The van der Waals surface area contributed by atoms with Crippen molar-refractivity contribution in [3.63, 3.8) is 0 Å². The van der Waals surface area contributed by atoms with Gasteiger partial charge in [-0.1, -0.05) is 29.8 Å². The summed E-state index contributed by atoms with van der Waals surface area (Å²) in [6.07, 6.45) is 1.70. The van der Waals surface area contributed by atoms with Gasteiger partial charge in [-0.15, -0.1) is 0 Å². The smallest absolute Gasteiger partial charge is 0.256 e. The van der Waals surface area contributed by atoms with Crippen LogP contribution in [-0.2, 0) is 0 Å². The van der Waals surface area contributed by atoms with Crippen LogP contribution in [0.25, 0.3) is 22.3 Å². The van der Waals surface area contributed by atoms with E-state index in [1.165, 1.54) is 6.07 Å². The molecule has 0 bridgehead atoms. The largest absolute Gasteiger partial charge is 0.456 e. The van der Waals surface area contributed by atoms with Crippen molar-refractivity contribution < 1.29 is 9.21 Å². The first-order chi connectivity index (χ1) is 13.5. The Kier molecular flexibility index (Phi) is 4.49. The van der Waals surface area contributed by atoms with Crippen molar-refractivity contribution in [3.05, 3.63) is 93.8 Å². The first-order valence-electron chi connectivity index (χ1n) is 8.88. The molecule has 0 aliphatic rings. The van der Waals surface area contributed by atoms with Crippen LogP contribution in [-0.4, -0.2) is 10.9 Å². The number of pyridine rings is 1. The van der Waals surface area contributed by atoms with Crippen LogP contribution in [0.2, 0.25) is 0 Å². The van der Waals surface area contributed by atoms with Gasteiger partial charge in [0.2, 0.25) is 0 Å². The Morgan fingerprint density at radius 2 is 1.68 bits per heavy atom. The third kappa shape index (κ3) is 3.55. The molecule has 138 valence electrons. The molecule has 2 aromatic heterocycles. The maximum absolute atomic E-state index is 12.4. The van der Waals surface area contributed by atoms with Gasteiger partial charge in [0, 0.05) is 23.4 Å². The number of aryl methyl sites for hydroxylation is 2. The second-order valence-corrected chi connectivity index (χ2v) is 6.73. The van der Waals surface area contributed by atoms with Crippen LogP contribution in [0.4, 0.5) is 5.82 Å². The lowest BCUT2D eigenvalue weighted by molar-refractivity contribution is 0.102. The normalized spacial score (nSPS) is 10.8. The number of benzene rings is 2. The Hall–Kier alpha value is -3.73. The lowest BCUT2D eigenvalue weighted by Crippen LogP contribution is -2.12. The van der Waals surface area contributed by atoms with E-state index in [0.29, 0.717) is 28.1 Å². The Labute approximate surface area is 161 Å². The molecular formula is C23H18N2O3. The number of hydrogen-bond acceptors (Lipinski definition) is 4. The highest BCUT2D eigenvalue weighted by atomic mass is 16.3. The molecule has 1 N–H and O–H groups in total. The molecule has 0 unspecified atom stereocenters. The Morgan fingerprint density at radius 3 is 2.39 bits per heavy atom. The number of hydrogen-bond donors (Lipinski definition) is 1. The molecule has 2 aromatic carbocycles. The second kappa shape index (κ2) is 7.12. The van der Waals surface area contributed by atoms with E-state index < -0.39 is 0 Å². The fourth-order valence-electron chi connectivity index (χ4n) is 2.93. The number of carbonyl (C=O) groups is 1. The minimum Gasteiger partial charge on any atom is -0.456 e. The van der Waals surface area contributed by atoms with Gasteiger partial charge in [0.15, 0.2) is 5.43 Å². The standard InChI is InChI=1S/C23H18N2O3/c1-14-3-9-20-18(11-14)19(26)12-21(28-20)16-5-7-17(8-6-16)23(27)25-22-10-4-15(2)13-24-22/h3-13H,1-2H3,(H,24,25,27). The molecule has 0 radical (unpaired) electrons. The van der Waals surface area contributed by atoms with Gasteiger partial charge in [0.1, 0.15) is 17.2 Å². The molecule has 0 spiro atoms. The molecule has 0 saturated carbocycles. The topological polar surface area (TPSA) is 72.2 Å². The van der Waals surface area contributed by atoms with Gasteiger partial charge in [-0.25, -0.2) is 4.98 Å². The average molecular weight is 370 g/mol.